The van der Waals surface area contributed by atoms with Gasteiger partial charge in [0.2, 0.25) is 15.9 Å². The van der Waals surface area contributed by atoms with Gasteiger partial charge >= 0.3 is 0 Å². The first-order chi connectivity index (χ1) is 19.3. The van der Waals surface area contributed by atoms with E-state index in [4.69, 9.17) is 23.2 Å². The summed E-state index contributed by atoms with van der Waals surface area (Å²) in [6, 6.07) is 11.9. The molecule has 2 saturated heterocycles. The normalized spacial score (nSPS) is 21.6. The molecule has 226 valence electrons. The molecule has 41 heavy (non-hydrogen) atoms. The number of hydrogen-bond acceptors (Lipinski definition) is 6. The van der Waals surface area contributed by atoms with E-state index >= 15 is 0 Å². The number of nitrogens with zero attached hydrogens (tertiary/aromatic N) is 2. The molecule has 12 heteroatoms. The summed E-state index contributed by atoms with van der Waals surface area (Å²) in [4.78, 5) is 15.8. The van der Waals surface area contributed by atoms with Gasteiger partial charge in [0.05, 0.1) is 27.2 Å². The van der Waals surface area contributed by atoms with E-state index in [1.165, 1.54) is 22.4 Å². The van der Waals surface area contributed by atoms with Gasteiger partial charge in [0.25, 0.3) is 0 Å². The Kier molecular flexibility index (Phi) is 10.8. The van der Waals surface area contributed by atoms with Gasteiger partial charge in [-0.25, -0.2) is 16.8 Å². The van der Waals surface area contributed by atoms with Crippen LogP contribution in [0, 0.1) is 11.8 Å². The zero-order chi connectivity index (χ0) is 29.8. The number of hydrogen-bond donors (Lipinski definition) is 1. The molecule has 2 aromatic carbocycles. The van der Waals surface area contributed by atoms with Crippen LogP contribution in [0.15, 0.2) is 47.4 Å². The fourth-order valence-electron chi connectivity index (χ4n) is 5.88. The summed E-state index contributed by atoms with van der Waals surface area (Å²) in [6.07, 6.45) is 7.27. The molecule has 2 unspecified atom stereocenters. The van der Waals surface area contributed by atoms with Gasteiger partial charge in [-0.1, -0.05) is 41.4 Å². The Hall–Kier alpha value is -1.69. The van der Waals surface area contributed by atoms with Crippen molar-refractivity contribution >= 4 is 49.0 Å². The Morgan fingerprint density at radius 3 is 2.22 bits per heavy atom. The van der Waals surface area contributed by atoms with Crippen molar-refractivity contribution in [2.24, 2.45) is 11.8 Å². The van der Waals surface area contributed by atoms with Crippen LogP contribution in [-0.4, -0.2) is 77.2 Å². The van der Waals surface area contributed by atoms with Crippen molar-refractivity contribution in [3.8, 4) is 0 Å². The molecule has 1 N–H and O–H groups in total. The van der Waals surface area contributed by atoms with Crippen LogP contribution in [0.2, 0.25) is 10.0 Å². The minimum atomic E-state index is -3.46. The lowest BCUT2D eigenvalue weighted by Crippen LogP contribution is -2.45. The minimum Gasteiger partial charge on any atom is -0.356 e. The maximum atomic E-state index is 13.0. The number of piperidine rings is 2. The lowest BCUT2D eigenvalue weighted by atomic mass is 9.88. The zero-order valence-corrected chi connectivity index (χ0v) is 26.7. The number of rotatable bonds is 10. The van der Waals surface area contributed by atoms with Crippen LogP contribution in [0.25, 0.3) is 0 Å². The summed E-state index contributed by atoms with van der Waals surface area (Å²) in [7, 11) is -6.63. The number of nitrogens with one attached hydrogen (secondary N) is 1. The molecular weight excluding hydrogens is 605 g/mol. The standard InChI is InChI=1S/C29H39Cl2N3O5S2/c1-40(36,37)25-7-4-21(5-8-25)18-22-10-15-33(16-11-22)14-3-13-32-29(35)24-12-17-34(41(2,38)39)28(20-24)23-6-9-26(30)27(31)19-23/h4-9,19,22,24,28H,3,10-18,20H2,1-2H3,(H,32,35). The Bertz CT molecular complexity index is 1430. The van der Waals surface area contributed by atoms with Crippen LogP contribution in [0.4, 0.5) is 0 Å². The van der Waals surface area contributed by atoms with Gasteiger partial charge in [0.15, 0.2) is 9.84 Å². The Labute approximate surface area is 254 Å². The maximum absolute atomic E-state index is 13.0. The van der Waals surface area contributed by atoms with E-state index in [1.807, 2.05) is 12.1 Å². The van der Waals surface area contributed by atoms with Crippen molar-refractivity contribution in [3.63, 3.8) is 0 Å². The van der Waals surface area contributed by atoms with Crippen molar-refractivity contribution < 1.29 is 21.6 Å². The average molecular weight is 645 g/mol. The van der Waals surface area contributed by atoms with Gasteiger partial charge in [0.1, 0.15) is 0 Å². The Balaban J connectivity index is 1.20. The molecule has 2 fully saturated rings. The first-order valence-electron chi connectivity index (χ1n) is 14.0. The first kappa shape index (κ1) is 32.2. The van der Waals surface area contributed by atoms with Gasteiger partial charge in [-0.05, 0) is 99.5 Å². The Morgan fingerprint density at radius 2 is 1.61 bits per heavy atom. The number of halogens is 2. The molecule has 0 aromatic heterocycles. The van der Waals surface area contributed by atoms with Crippen LogP contribution >= 0.6 is 23.2 Å². The maximum Gasteiger partial charge on any atom is 0.223 e. The Morgan fingerprint density at radius 1 is 0.927 bits per heavy atom. The van der Waals surface area contributed by atoms with Gasteiger partial charge in [-0.3, -0.25) is 4.79 Å². The molecule has 4 rings (SSSR count). The third-order valence-electron chi connectivity index (χ3n) is 8.21. The number of benzene rings is 2. The summed E-state index contributed by atoms with van der Waals surface area (Å²) in [5.74, 6) is 0.259. The molecule has 0 bridgehead atoms. The second kappa shape index (κ2) is 13.7. The molecule has 2 heterocycles. The highest BCUT2D eigenvalue weighted by atomic mass is 35.5. The largest absolute Gasteiger partial charge is 0.356 e. The molecule has 2 atom stereocenters. The molecule has 2 aliphatic heterocycles. The van der Waals surface area contributed by atoms with Gasteiger partial charge in [-0.2, -0.15) is 4.31 Å². The van der Waals surface area contributed by atoms with E-state index in [0.29, 0.717) is 40.2 Å². The van der Waals surface area contributed by atoms with Crippen molar-refractivity contribution in [2.45, 2.75) is 49.5 Å². The quantitative estimate of drug-likeness (QED) is 0.381. The molecule has 1 amide bonds. The second-order valence-electron chi connectivity index (χ2n) is 11.3. The predicted octanol–water partition coefficient (Wildman–Crippen LogP) is 4.57. The predicted molar refractivity (Wildman–Crippen MR) is 164 cm³/mol. The van der Waals surface area contributed by atoms with Gasteiger partial charge < -0.3 is 10.2 Å². The lowest BCUT2D eigenvalue weighted by Gasteiger charge is -2.37. The summed E-state index contributed by atoms with van der Waals surface area (Å²) >= 11 is 12.3. The van der Waals surface area contributed by atoms with Crippen LogP contribution in [-0.2, 0) is 31.1 Å². The lowest BCUT2D eigenvalue weighted by molar-refractivity contribution is -0.126. The number of amides is 1. The fraction of sp³-hybridized carbons (Fsp3) is 0.552. The number of carbonyl (C=O) groups is 1. The molecule has 0 radical (unpaired) electrons. The third kappa shape index (κ3) is 8.91. The van der Waals surface area contributed by atoms with Gasteiger partial charge in [-0.15, -0.1) is 0 Å². The summed E-state index contributed by atoms with van der Waals surface area (Å²) in [5, 5.41) is 3.83. The monoisotopic (exact) mass is 643 g/mol. The highest BCUT2D eigenvalue weighted by Gasteiger charge is 2.37. The van der Waals surface area contributed by atoms with E-state index in [-0.39, 0.29) is 18.4 Å². The van der Waals surface area contributed by atoms with E-state index < -0.39 is 25.9 Å². The molecule has 0 saturated carbocycles. The van der Waals surface area contributed by atoms with Crippen molar-refractivity contribution in [2.75, 3.05) is 45.2 Å². The van der Waals surface area contributed by atoms with E-state index in [0.717, 1.165) is 50.9 Å². The fourth-order valence-corrected chi connectivity index (χ4v) is 7.92. The summed E-state index contributed by atoms with van der Waals surface area (Å²) in [5.41, 5.74) is 1.90. The van der Waals surface area contributed by atoms with Crippen molar-refractivity contribution in [1.29, 1.82) is 0 Å². The topological polar surface area (TPSA) is 104 Å². The van der Waals surface area contributed by atoms with Crippen LogP contribution in [0.5, 0.6) is 0 Å². The number of sulfone groups is 1. The average Bonchev–Trinajstić information content (AvgIpc) is 2.92. The van der Waals surface area contributed by atoms with Crippen molar-refractivity contribution in [3.05, 3.63) is 63.6 Å². The van der Waals surface area contributed by atoms with Crippen LogP contribution < -0.4 is 5.32 Å². The molecular formula is C29H39Cl2N3O5S2. The van der Waals surface area contributed by atoms with E-state index in [2.05, 4.69) is 10.2 Å². The first-order valence-corrected chi connectivity index (χ1v) is 18.5. The molecule has 8 nitrogen and oxygen atoms in total. The highest BCUT2D eigenvalue weighted by molar-refractivity contribution is 7.90. The van der Waals surface area contributed by atoms with Crippen LogP contribution in [0.3, 0.4) is 0 Å². The van der Waals surface area contributed by atoms with Gasteiger partial charge in [0, 0.05) is 25.3 Å². The number of likely N-dealkylation sites (tertiary alicyclic amines) is 1. The zero-order valence-electron chi connectivity index (χ0n) is 23.6. The van der Waals surface area contributed by atoms with E-state index in [1.54, 1.807) is 30.3 Å². The highest BCUT2D eigenvalue weighted by Crippen LogP contribution is 2.38. The summed E-state index contributed by atoms with van der Waals surface area (Å²) in [6.45, 7) is 3.78. The molecule has 2 aromatic rings. The molecule has 0 spiro atoms. The summed E-state index contributed by atoms with van der Waals surface area (Å²) < 4.78 is 49.7. The number of carbonyl (C=O) groups excluding carboxylic acids is 1. The molecule has 0 aliphatic carbocycles. The smallest absolute Gasteiger partial charge is 0.223 e. The SMILES string of the molecule is CS(=O)(=O)c1ccc(CC2CCN(CCCNC(=O)C3CCN(S(C)(=O)=O)C(c4ccc(Cl)c(Cl)c4)C3)CC2)cc1. The number of sulfonamides is 1. The molecule has 2 aliphatic rings. The second-order valence-corrected chi connectivity index (χ2v) is 16.1. The third-order valence-corrected chi connectivity index (χ3v) is 11.4. The van der Waals surface area contributed by atoms with E-state index in [9.17, 15) is 21.6 Å². The van der Waals surface area contributed by atoms with Crippen molar-refractivity contribution in [1.82, 2.24) is 14.5 Å². The van der Waals surface area contributed by atoms with Crippen LogP contribution in [0.1, 0.15) is 49.3 Å². The minimum absolute atomic E-state index is 0.0381.